The molecule has 70 valence electrons. The Morgan fingerprint density at radius 2 is 2.08 bits per heavy atom. The molecule has 1 aromatic rings. The van der Waals surface area contributed by atoms with Crippen LogP contribution < -0.4 is 5.73 Å². The third-order valence-corrected chi connectivity index (χ3v) is 3.05. The smallest absolute Gasteiger partial charge is 0.0419 e. The van der Waals surface area contributed by atoms with E-state index in [-0.39, 0.29) is 5.54 Å². The predicted octanol–water partition coefficient (Wildman–Crippen LogP) is 3.14. The fourth-order valence-corrected chi connectivity index (χ4v) is 2.39. The molecule has 2 N–H and O–H groups in total. The highest BCUT2D eigenvalue weighted by Gasteiger charge is 2.37. The minimum absolute atomic E-state index is 0.0596. The standard InChI is InChI=1S/C10H11BrClN/c11-8-3-7(4-9(12)5-8)6-10(13)1-2-10/h3-5H,1-2,6,13H2. The summed E-state index contributed by atoms with van der Waals surface area (Å²) in [4.78, 5) is 0. The van der Waals surface area contributed by atoms with Gasteiger partial charge in [0.15, 0.2) is 0 Å². The van der Waals surface area contributed by atoms with Gasteiger partial charge in [-0.15, -0.1) is 0 Å². The van der Waals surface area contributed by atoms with Gasteiger partial charge in [-0.25, -0.2) is 0 Å². The summed E-state index contributed by atoms with van der Waals surface area (Å²) in [5, 5.41) is 0.772. The SMILES string of the molecule is NC1(Cc2cc(Cl)cc(Br)c2)CC1. The van der Waals surface area contributed by atoms with Gasteiger partial charge in [-0.3, -0.25) is 0 Å². The fourth-order valence-electron chi connectivity index (χ4n) is 1.46. The van der Waals surface area contributed by atoms with Gasteiger partial charge in [-0.1, -0.05) is 27.5 Å². The first-order valence-electron chi connectivity index (χ1n) is 4.31. The highest BCUT2D eigenvalue weighted by molar-refractivity contribution is 9.10. The Kier molecular flexibility index (Phi) is 2.39. The van der Waals surface area contributed by atoms with E-state index in [1.165, 1.54) is 5.56 Å². The Morgan fingerprint density at radius 1 is 1.38 bits per heavy atom. The van der Waals surface area contributed by atoms with Crippen molar-refractivity contribution in [2.24, 2.45) is 5.73 Å². The molecule has 3 heteroatoms. The summed E-state index contributed by atoms with van der Waals surface area (Å²) >= 11 is 9.34. The van der Waals surface area contributed by atoms with E-state index >= 15 is 0 Å². The average Bonchev–Trinajstić information content (AvgIpc) is 2.64. The molecule has 1 aliphatic carbocycles. The van der Waals surface area contributed by atoms with Crippen LogP contribution in [0.5, 0.6) is 0 Å². The van der Waals surface area contributed by atoms with Crippen LogP contribution in [0, 0.1) is 0 Å². The minimum Gasteiger partial charge on any atom is -0.325 e. The number of benzene rings is 1. The van der Waals surface area contributed by atoms with Gasteiger partial charge >= 0.3 is 0 Å². The monoisotopic (exact) mass is 259 g/mol. The van der Waals surface area contributed by atoms with Crippen molar-refractivity contribution in [3.8, 4) is 0 Å². The van der Waals surface area contributed by atoms with Crippen LogP contribution in [0.4, 0.5) is 0 Å². The maximum Gasteiger partial charge on any atom is 0.0419 e. The van der Waals surface area contributed by atoms with Gasteiger partial charge in [0.05, 0.1) is 0 Å². The first-order chi connectivity index (χ1) is 6.07. The molecule has 1 fully saturated rings. The largest absolute Gasteiger partial charge is 0.325 e. The lowest BCUT2D eigenvalue weighted by atomic mass is 10.1. The van der Waals surface area contributed by atoms with Crippen LogP contribution in [0.1, 0.15) is 18.4 Å². The fraction of sp³-hybridized carbons (Fsp3) is 0.400. The zero-order chi connectivity index (χ0) is 9.47. The highest BCUT2D eigenvalue weighted by atomic mass is 79.9. The summed E-state index contributed by atoms with van der Waals surface area (Å²) in [6.45, 7) is 0. The molecule has 0 atom stereocenters. The first-order valence-corrected chi connectivity index (χ1v) is 5.48. The number of hydrogen-bond acceptors (Lipinski definition) is 1. The summed E-state index contributed by atoms with van der Waals surface area (Å²) < 4.78 is 1.03. The second-order valence-electron chi connectivity index (χ2n) is 3.82. The van der Waals surface area contributed by atoms with Crippen molar-refractivity contribution in [3.63, 3.8) is 0 Å². The molecule has 1 aromatic carbocycles. The maximum absolute atomic E-state index is 6.02. The molecule has 0 spiro atoms. The first kappa shape index (κ1) is 9.50. The second kappa shape index (κ2) is 3.26. The van der Waals surface area contributed by atoms with Crippen LogP contribution in [0.15, 0.2) is 22.7 Å². The Bertz CT molecular complexity index is 313. The topological polar surface area (TPSA) is 26.0 Å². The molecule has 13 heavy (non-hydrogen) atoms. The van der Waals surface area contributed by atoms with Crippen molar-refractivity contribution in [1.29, 1.82) is 0 Å². The summed E-state index contributed by atoms with van der Waals surface area (Å²) in [7, 11) is 0. The molecule has 0 bridgehead atoms. The number of rotatable bonds is 2. The lowest BCUT2D eigenvalue weighted by Gasteiger charge is -2.08. The van der Waals surface area contributed by atoms with E-state index in [2.05, 4.69) is 22.0 Å². The zero-order valence-electron chi connectivity index (χ0n) is 7.19. The molecule has 0 amide bonds. The lowest BCUT2D eigenvalue weighted by Crippen LogP contribution is -2.24. The molecule has 1 aliphatic rings. The van der Waals surface area contributed by atoms with Gasteiger partial charge < -0.3 is 5.73 Å². The second-order valence-corrected chi connectivity index (χ2v) is 5.17. The molecule has 0 aliphatic heterocycles. The molecule has 1 saturated carbocycles. The van der Waals surface area contributed by atoms with E-state index < -0.39 is 0 Å². The van der Waals surface area contributed by atoms with Crippen LogP contribution in [-0.4, -0.2) is 5.54 Å². The van der Waals surface area contributed by atoms with Crippen LogP contribution in [-0.2, 0) is 6.42 Å². The van der Waals surface area contributed by atoms with Gasteiger partial charge in [-0.2, -0.15) is 0 Å². The van der Waals surface area contributed by atoms with E-state index in [1.807, 2.05) is 12.1 Å². The van der Waals surface area contributed by atoms with Crippen molar-refractivity contribution >= 4 is 27.5 Å². The van der Waals surface area contributed by atoms with Crippen LogP contribution >= 0.6 is 27.5 Å². The van der Waals surface area contributed by atoms with E-state index in [9.17, 15) is 0 Å². The summed E-state index contributed by atoms with van der Waals surface area (Å²) in [5.41, 5.74) is 7.30. The molecular formula is C10H11BrClN. The number of hydrogen-bond donors (Lipinski definition) is 1. The Labute approximate surface area is 91.4 Å². The summed E-state index contributed by atoms with van der Waals surface area (Å²) in [6, 6.07) is 5.96. The van der Waals surface area contributed by atoms with Gasteiger partial charge in [0.2, 0.25) is 0 Å². The van der Waals surface area contributed by atoms with Gasteiger partial charge in [0.1, 0.15) is 0 Å². The van der Waals surface area contributed by atoms with Crippen molar-refractivity contribution in [2.75, 3.05) is 0 Å². The highest BCUT2D eigenvalue weighted by Crippen LogP contribution is 2.36. The number of halogens is 2. The van der Waals surface area contributed by atoms with Crippen LogP contribution in [0.25, 0.3) is 0 Å². The molecule has 0 aromatic heterocycles. The molecule has 0 radical (unpaired) electrons. The molecule has 0 heterocycles. The van der Waals surface area contributed by atoms with Crippen LogP contribution in [0.2, 0.25) is 5.02 Å². The summed E-state index contributed by atoms with van der Waals surface area (Å²) in [5.74, 6) is 0. The predicted molar refractivity (Wildman–Crippen MR) is 59.0 cm³/mol. The Hall–Kier alpha value is -0.0500. The number of nitrogens with two attached hydrogens (primary N) is 1. The van der Waals surface area contributed by atoms with Gasteiger partial charge in [-0.05, 0) is 43.0 Å². The Morgan fingerprint density at radius 3 is 2.62 bits per heavy atom. The van der Waals surface area contributed by atoms with E-state index in [0.717, 1.165) is 28.8 Å². The Balaban J connectivity index is 2.20. The van der Waals surface area contributed by atoms with E-state index in [1.54, 1.807) is 0 Å². The molecular weight excluding hydrogens is 249 g/mol. The average molecular weight is 261 g/mol. The van der Waals surface area contributed by atoms with E-state index in [4.69, 9.17) is 17.3 Å². The van der Waals surface area contributed by atoms with E-state index in [0.29, 0.717) is 0 Å². The lowest BCUT2D eigenvalue weighted by molar-refractivity contribution is 0.672. The summed E-state index contributed by atoms with van der Waals surface area (Å²) in [6.07, 6.45) is 3.21. The van der Waals surface area contributed by atoms with Crippen LogP contribution in [0.3, 0.4) is 0 Å². The minimum atomic E-state index is 0.0596. The molecule has 0 unspecified atom stereocenters. The van der Waals surface area contributed by atoms with Crippen molar-refractivity contribution in [3.05, 3.63) is 33.3 Å². The zero-order valence-corrected chi connectivity index (χ0v) is 9.53. The quantitative estimate of drug-likeness (QED) is 0.869. The van der Waals surface area contributed by atoms with Gasteiger partial charge in [0, 0.05) is 15.0 Å². The molecule has 2 rings (SSSR count). The molecule has 0 saturated heterocycles. The van der Waals surface area contributed by atoms with Crippen molar-refractivity contribution < 1.29 is 0 Å². The normalized spacial score (nSPS) is 18.7. The van der Waals surface area contributed by atoms with Crippen molar-refractivity contribution in [1.82, 2.24) is 0 Å². The third-order valence-electron chi connectivity index (χ3n) is 2.37. The molecule has 1 nitrogen and oxygen atoms in total. The maximum atomic E-state index is 6.02. The van der Waals surface area contributed by atoms with Crippen molar-refractivity contribution in [2.45, 2.75) is 24.8 Å². The van der Waals surface area contributed by atoms with Gasteiger partial charge in [0.25, 0.3) is 0 Å². The third kappa shape index (κ3) is 2.46.